The number of aromatic nitrogens is 4. The summed E-state index contributed by atoms with van der Waals surface area (Å²) in [5, 5.41) is 11.0. The van der Waals surface area contributed by atoms with Crippen molar-refractivity contribution in [1.82, 2.24) is 25.5 Å². The molecule has 2 aromatic heterocycles. The predicted octanol–water partition coefficient (Wildman–Crippen LogP) is 3.20. The van der Waals surface area contributed by atoms with E-state index in [1.54, 1.807) is 19.2 Å². The molecular formula is C24H23FN6O3S. The summed E-state index contributed by atoms with van der Waals surface area (Å²) in [6.45, 7) is 1.69. The Bertz CT molecular complexity index is 1330. The lowest BCUT2D eigenvalue weighted by molar-refractivity contribution is 0.198. The highest BCUT2D eigenvalue weighted by molar-refractivity contribution is 7.92. The zero-order valence-corrected chi connectivity index (χ0v) is 19.7. The van der Waals surface area contributed by atoms with E-state index in [-0.39, 0.29) is 34.1 Å². The molecule has 3 N–H and O–H groups in total. The van der Waals surface area contributed by atoms with Gasteiger partial charge in [0.1, 0.15) is 11.1 Å². The van der Waals surface area contributed by atoms with Crippen molar-refractivity contribution in [3.63, 3.8) is 0 Å². The van der Waals surface area contributed by atoms with Crippen LogP contribution in [0.3, 0.4) is 0 Å². The maximum absolute atomic E-state index is 14.6. The summed E-state index contributed by atoms with van der Waals surface area (Å²) in [7, 11) is 1.79. The fraction of sp³-hybridized carbons (Fsp3) is 0.250. The molecule has 0 amide bonds. The van der Waals surface area contributed by atoms with Crippen molar-refractivity contribution in [3.05, 3.63) is 60.0 Å². The van der Waals surface area contributed by atoms with E-state index in [9.17, 15) is 8.94 Å². The average Bonchev–Trinajstić information content (AvgIpc) is 3.57. The van der Waals surface area contributed by atoms with Gasteiger partial charge in [0.05, 0.1) is 30.7 Å². The second kappa shape index (κ2) is 10.1. The smallest absolute Gasteiger partial charge is 0.270 e. The van der Waals surface area contributed by atoms with Crippen LogP contribution in [0.5, 0.6) is 0 Å². The number of nitrogens with one attached hydrogen (secondary N) is 1. The molecule has 3 heterocycles. The first kappa shape index (κ1) is 23.4. The molecule has 0 radical (unpaired) electrons. The summed E-state index contributed by atoms with van der Waals surface area (Å²) in [6, 6.07) is 12.1. The van der Waals surface area contributed by atoms with Gasteiger partial charge in [-0.25, -0.2) is 14.4 Å². The summed E-state index contributed by atoms with van der Waals surface area (Å²) >= 11 is -1.13. The Balaban J connectivity index is 1.40. The Kier molecular flexibility index (Phi) is 6.73. The third-order valence-electron chi connectivity index (χ3n) is 5.65. The minimum Gasteiger partial charge on any atom is -0.611 e. The van der Waals surface area contributed by atoms with Crippen molar-refractivity contribution in [2.24, 2.45) is 0 Å². The maximum Gasteiger partial charge on any atom is 0.270 e. The van der Waals surface area contributed by atoms with E-state index < -0.39 is 17.0 Å². The van der Waals surface area contributed by atoms with Crippen LogP contribution in [0.15, 0.2) is 58.0 Å². The number of hydrogen-bond donors (Lipinski definition) is 2. The molecule has 9 nitrogen and oxygen atoms in total. The first-order valence-corrected chi connectivity index (χ1v) is 12.2. The highest BCUT2D eigenvalue weighted by Gasteiger charge is 2.29. The Hall–Kier alpha value is -3.38. The third kappa shape index (κ3) is 4.89. The normalized spacial score (nSPS) is 16.5. The van der Waals surface area contributed by atoms with Crippen molar-refractivity contribution in [1.29, 1.82) is 0 Å². The van der Waals surface area contributed by atoms with Gasteiger partial charge in [-0.3, -0.25) is 0 Å². The molecule has 1 fully saturated rings. The van der Waals surface area contributed by atoms with Gasteiger partial charge in [0, 0.05) is 18.5 Å². The van der Waals surface area contributed by atoms with Crippen LogP contribution in [0.2, 0.25) is 0 Å². The molecule has 5 rings (SSSR count). The number of ether oxygens (including phenoxy) is 1. The minimum absolute atomic E-state index is 0.0137. The lowest BCUT2D eigenvalue weighted by Crippen LogP contribution is -2.21. The lowest BCUT2D eigenvalue weighted by Gasteiger charge is -2.15. The van der Waals surface area contributed by atoms with Gasteiger partial charge in [0.25, 0.3) is 11.8 Å². The number of nitrogens with two attached hydrogens (primary N) is 1. The zero-order chi connectivity index (χ0) is 24.4. The maximum atomic E-state index is 14.6. The van der Waals surface area contributed by atoms with Gasteiger partial charge in [0.15, 0.2) is 16.4 Å². The molecule has 0 spiro atoms. The molecule has 35 heavy (non-hydrogen) atoms. The van der Waals surface area contributed by atoms with Gasteiger partial charge < -0.3 is 24.8 Å². The van der Waals surface area contributed by atoms with Gasteiger partial charge in [-0.15, -0.1) is 10.2 Å². The molecule has 180 valence electrons. The summed E-state index contributed by atoms with van der Waals surface area (Å²) in [6.07, 6.45) is 2.32. The van der Waals surface area contributed by atoms with Gasteiger partial charge in [-0.2, -0.15) is 0 Å². The molecule has 0 bridgehead atoms. The predicted molar refractivity (Wildman–Crippen MR) is 129 cm³/mol. The number of nitrogen functional groups attached to an aromatic ring is 1. The molecule has 2 aromatic carbocycles. The molecule has 1 saturated heterocycles. The van der Waals surface area contributed by atoms with Crippen molar-refractivity contribution in [2.75, 3.05) is 26.0 Å². The van der Waals surface area contributed by atoms with E-state index in [1.165, 1.54) is 12.3 Å². The van der Waals surface area contributed by atoms with Crippen LogP contribution in [0.25, 0.3) is 34.3 Å². The van der Waals surface area contributed by atoms with E-state index in [1.807, 2.05) is 24.3 Å². The molecule has 0 saturated carbocycles. The molecule has 2 unspecified atom stereocenters. The Morgan fingerprint density at radius 3 is 2.69 bits per heavy atom. The van der Waals surface area contributed by atoms with E-state index in [0.29, 0.717) is 25.5 Å². The zero-order valence-electron chi connectivity index (χ0n) is 18.9. The monoisotopic (exact) mass is 494 g/mol. The van der Waals surface area contributed by atoms with Crippen molar-refractivity contribution in [2.45, 2.75) is 23.1 Å². The van der Waals surface area contributed by atoms with Crippen LogP contribution in [-0.2, 0) is 22.5 Å². The first-order chi connectivity index (χ1) is 17.0. The highest BCUT2D eigenvalue weighted by Crippen LogP contribution is 2.30. The summed E-state index contributed by atoms with van der Waals surface area (Å²) in [5.41, 5.74) is 8.49. The standard InChI is InChI=1S/C24H23FN6O3S/c1-27-11-14-2-7-18(19(25)10-14)23-30-31-24(34-23)21-22(26)28-12-20(29-21)15-3-5-16(6-4-15)35(32)17-8-9-33-13-17/h2-7,10,12,17,27H,8-9,11,13H2,1H3,(H2,26,28). The third-order valence-corrected chi connectivity index (χ3v) is 7.36. The van der Waals surface area contributed by atoms with E-state index in [2.05, 4.69) is 25.5 Å². The number of benzene rings is 2. The van der Waals surface area contributed by atoms with Crippen LogP contribution in [-0.4, -0.2) is 50.2 Å². The van der Waals surface area contributed by atoms with E-state index >= 15 is 0 Å². The average molecular weight is 495 g/mol. The van der Waals surface area contributed by atoms with Gasteiger partial charge in [-0.05, 0) is 60.2 Å². The number of hydrogen-bond acceptors (Lipinski definition) is 9. The van der Waals surface area contributed by atoms with Gasteiger partial charge >= 0.3 is 0 Å². The number of anilines is 1. The van der Waals surface area contributed by atoms with Crippen LogP contribution < -0.4 is 11.1 Å². The molecular weight excluding hydrogens is 471 g/mol. The lowest BCUT2D eigenvalue weighted by atomic mass is 10.1. The van der Waals surface area contributed by atoms with Crippen LogP contribution >= 0.6 is 0 Å². The van der Waals surface area contributed by atoms with E-state index in [4.69, 9.17) is 14.9 Å². The summed E-state index contributed by atoms with van der Waals surface area (Å²) in [5.74, 6) is -0.317. The van der Waals surface area contributed by atoms with Crippen LogP contribution in [0.4, 0.5) is 10.2 Å². The Morgan fingerprint density at radius 1 is 1.17 bits per heavy atom. The summed E-state index contributed by atoms with van der Waals surface area (Å²) in [4.78, 5) is 9.50. The molecule has 11 heteroatoms. The Labute approximate surface area is 204 Å². The quantitative estimate of drug-likeness (QED) is 0.371. The first-order valence-electron chi connectivity index (χ1n) is 11.0. The second-order valence-electron chi connectivity index (χ2n) is 8.05. The van der Waals surface area contributed by atoms with Gasteiger partial charge in [-0.1, -0.05) is 6.07 Å². The molecule has 1 aliphatic rings. The molecule has 2 atom stereocenters. The van der Waals surface area contributed by atoms with Crippen LogP contribution in [0.1, 0.15) is 12.0 Å². The van der Waals surface area contributed by atoms with Gasteiger partial charge in [0.2, 0.25) is 0 Å². The Morgan fingerprint density at radius 2 is 1.97 bits per heavy atom. The fourth-order valence-electron chi connectivity index (χ4n) is 3.80. The topological polar surface area (TPSA) is 135 Å². The number of nitrogens with zero attached hydrogens (tertiary/aromatic N) is 4. The van der Waals surface area contributed by atoms with E-state index in [0.717, 1.165) is 22.4 Å². The largest absolute Gasteiger partial charge is 0.611 e. The van der Waals surface area contributed by atoms with Crippen molar-refractivity contribution < 1.29 is 18.1 Å². The second-order valence-corrected chi connectivity index (χ2v) is 9.79. The summed E-state index contributed by atoms with van der Waals surface area (Å²) < 4.78 is 38.3. The van der Waals surface area contributed by atoms with Crippen molar-refractivity contribution in [3.8, 4) is 34.3 Å². The number of halogens is 1. The molecule has 0 aliphatic carbocycles. The molecule has 4 aromatic rings. The van der Waals surface area contributed by atoms with Crippen LogP contribution in [0, 0.1) is 5.82 Å². The fourth-order valence-corrected chi connectivity index (χ4v) is 5.12. The SMILES string of the molecule is CNCc1ccc(-c2nnc(-c3nc(-c4ccc([S+]([O-])C5CCOC5)cc4)cnc3N)o2)c(F)c1. The minimum atomic E-state index is -1.13. The number of rotatable bonds is 7. The molecule has 1 aliphatic heterocycles. The highest BCUT2D eigenvalue weighted by atomic mass is 32.2. The van der Waals surface area contributed by atoms with Crippen molar-refractivity contribution >= 4 is 17.0 Å².